The Balaban J connectivity index is 1.87. The number of anilines is 1. The van der Waals surface area contributed by atoms with Gasteiger partial charge in [0.15, 0.2) is 0 Å². The Morgan fingerprint density at radius 1 is 1.17 bits per heavy atom. The summed E-state index contributed by atoms with van der Waals surface area (Å²) in [5.41, 5.74) is 3.24. The molecular weight excluding hydrogens is 326 g/mol. The van der Waals surface area contributed by atoms with Gasteiger partial charge < -0.3 is 16.0 Å². The Hall–Kier alpha value is -2.48. The largest absolute Gasteiger partial charge is 0.352 e. The molecule has 0 radical (unpaired) electrons. The van der Waals surface area contributed by atoms with Crippen LogP contribution in [0.15, 0.2) is 29.8 Å². The maximum Gasteiger partial charge on any atom is 0.319 e. The van der Waals surface area contributed by atoms with Gasteiger partial charge >= 0.3 is 6.03 Å². The van der Waals surface area contributed by atoms with Gasteiger partial charge in [-0.25, -0.2) is 4.79 Å². The first kappa shape index (κ1) is 17.9. The zero-order valence-corrected chi connectivity index (χ0v) is 14.7. The average Bonchev–Trinajstić information content (AvgIpc) is 3.09. The lowest BCUT2D eigenvalue weighted by Gasteiger charge is -2.17. The van der Waals surface area contributed by atoms with Gasteiger partial charge in [0, 0.05) is 17.3 Å². The molecule has 2 atom stereocenters. The molecule has 0 aliphatic carbocycles. The van der Waals surface area contributed by atoms with Crippen molar-refractivity contribution in [3.8, 4) is 10.6 Å². The molecule has 1 aromatic carbocycles. The van der Waals surface area contributed by atoms with E-state index in [-0.39, 0.29) is 11.9 Å². The molecule has 0 aliphatic rings. The number of aromatic nitrogens is 2. The molecule has 128 valence electrons. The Labute approximate surface area is 144 Å². The van der Waals surface area contributed by atoms with Crippen molar-refractivity contribution in [3.05, 3.63) is 29.8 Å². The molecule has 8 heteroatoms. The fraction of sp³-hybridized carbons (Fsp3) is 0.375. The number of carbonyl (C=O) groups excluding carboxylic acids is 2. The fourth-order valence-electron chi connectivity index (χ4n) is 1.89. The number of hydrogen-bond donors (Lipinski definition) is 3. The molecule has 2 rings (SSSR count). The molecule has 0 bridgehead atoms. The van der Waals surface area contributed by atoms with Gasteiger partial charge in [-0.2, -0.15) is 0 Å². The van der Waals surface area contributed by atoms with Gasteiger partial charge in [-0.15, -0.1) is 10.2 Å². The lowest BCUT2D eigenvalue weighted by molar-refractivity contribution is -0.123. The number of nitrogens with zero attached hydrogens (tertiary/aromatic N) is 2. The van der Waals surface area contributed by atoms with Crippen molar-refractivity contribution in [2.24, 2.45) is 0 Å². The van der Waals surface area contributed by atoms with Gasteiger partial charge in [-0.3, -0.25) is 4.79 Å². The van der Waals surface area contributed by atoms with Crippen LogP contribution in [0.25, 0.3) is 10.6 Å². The number of carbonyl (C=O) groups is 2. The SMILES string of the molecule is CC[C@H](C)NC(=O)[C@H](C)NC(=O)Nc1ccc(-c2nncs2)cc1. The van der Waals surface area contributed by atoms with Crippen molar-refractivity contribution >= 4 is 29.0 Å². The van der Waals surface area contributed by atoms with Crippen LogP contribution in [-0.4, -0.2) is 34.2 Å². The molecule has 2 aromatic rings. The summed E-state index contributed by atoms with van der Waals surface area (Å²) in [6.07, 6.45) is 0.839. The van der Waals surface area contributed by atoms with Gasteiger partial charge in [0.25, 0.3) is 0 Å². The minimum atomic E-state index is -0.611. The fourth-order valence-corrected chi connectivity index (χ4v) is 2.45. The molecule has 0 unspecified atom stereocenters. The van der Waals surface area contributed by atoms with E-state index in [0.29, 0.717) is 5.69 Å². The highest BCUT2D eigenvalue weighted by atomic mass is 32.1. The first-order valence-corrected chi connectivity index (χ1v) is 8.62. The smallest absolute Gasteiger partial charge is 0.319 e. The van der Waals surface area contributed by atoms with Crippen molar-refractivity contribution in [1.82, 2.24) is 20.8 Å². The van der Waals surface area contributed by atoms with Crippen LogP contribution in [0.2, 0.25) is 0 Å². The summed E-state index contributed by atoms with van der Waals surface area (Å²) in [6.45, 7) is 5.56. The van der Waals surface area contributed by atoms with E-state index < -0.39 is 12.1 Å². The normalized spacial score (nSPS) is 13.0. The lowest BCUT2D eigenvalue weighted by atomic mass is 10.2. The number of amides is 3. The summed E-state index contributed by atoms with van der Waals surface area (Å²) in [6, 6.07) is 6.31. The molecule has 7 nitrogen and oxygen atoms in total. The van der Waals surface area contributed by atoms with Crippen molar-refractivity contribution in [3.63, 3.8) is 0 Å². The number of benzene rings is 1. The van der Waals surface area contributed by atoms with Gasteiger partial charge in [0.2, 0.25) is 5.91 Å². The topological polar surface area (TPSA) is 96.0 Å². The quantitative estimate of drug-likeness (QED) is 0.748. The van der Waals surface area contributed by atoms with Crippen LogP contribution >= 0.6 is 11.3 Å². The Kier molecular flexibility index (Phi) is 6.25. The summed E-state index contributed by atoms with van der Waals surface area (Å²) in [5, 5.41) is 16.8. The standard InChI is InChI=1S/C16H21N5O2S/c1-4-10(2)18-14(22)11(3)19-16(23)20-13-7-5-12(6-8-13)15-21-17-9-24-15/h5-11H,4H2,1-3H3,(H,18,22)(H2,19,20,23)/t10-,11-/m0/s1. The summed E-state index contributed by atoms with van der Waals surface area (Å²) in [4.78, 5) is 23.9. The molecule has 0 aliphatic heterocycles. The molecular formula is C16H21N5O2S. The summed E-state index contributed by atoms with van der Waals surface area (Å²) < 4.78 is 0. The Morgan fingerprint density at radius 3 is 2.46 bits per heavy atom. The van der Waals surface area contributed by atoms with Gasteiger partial charge in [-0.1, -0.05) is 18.3 Å². The molecule has 3 amide bonds. The van der Waals surface area contributed by atoms with Crippen molar-refractivity contribution in [2.45, 2.75) is 39.3 Å². The lowest BCUT2D eigenvalue weighted by Crippen LogP contribution is -2.48. The van der Waals surface area contributed by atoms with Crippen molar-refractivity contribution in [2.75, 3.05) is 5.32 Å². The van der Waals surface area contributed by atoms with E-state index >= 15 is 0 Å². The third-order valence-electron chi connectivity index (χ3n) is 3.49. The van der Waals surface area contributed by atoms with E-state index in [4.69, 9.17) is 0 Å². The predicted octanol–water partition coefficient (Wildman–Crippen LogP) is 2.63. The molecule has 3 N–H and O–H groups in total. The van der Waals surface area contributed by atoms with Crippen LogP contribution in [0.5, 0.6) is 0 Å². The third kappa shape index (κ3) is 5.02. The zero-order valence-electron chi connectivity index (χ0n) is 13.9. The molecule has 1 aromatic heterocycles. The van der Waals surface area contributed by atoms with Crippen LogP contribution in [0.3, 0.4) is 0 Å². The minimum absolute atomic E-state index is 0.0812. The van der Waals surface area contributed by atoms with E-state index in [2.05, 4.69) is 26.1 Å². The van der Waals surface area contributed by atoms with Crippen LogP contribution < -0.4 is 16.0 Å². The van der Waals surface area contributed by atoms with Crippen LogP contribution in [0.1, 0.15) is 27.2 Å². The first-order valence-electron chi connectivity index (χ1n) is 7.74. The summed E-state index contributed by atoms with van der Waals surface area (Å²) in [5.74, 6) is -0.203. The molecule has 24 heavy (non-hydrogen) atoms. The van der Waals surface area contributed by atoms with Gasteiger partial charge in [-0.05, 0) is 44.5 Å². The maximum absolute atomic E-state index is 12.0. The first-order chi connectivity index (χ1) is 11.5. The highest BCUT2D eigenvalue weighted by Gasteiger charge is 2.16. The summed E-state index contributed by atoms with van der Waals surface area (Å²) in [7, 11) is 0. The van der Waals surface area contributed by atoms with E-state index in [1.807, 2.05) is 26.0 Å². The van der Waals surface area contributed by atoms with Crippen LogP contribution in [0.4, 0.5) is 10.5 Å². The highest BCUT2D eigenvalue weighted by molar-refractivity contribution is 7.12. The minimum Gasteiger partial charge on any atom is -0.352 e. The van der Waals surface area contributed by atoms with Crippen molar-refractivity contribution < 1.29 is 9.59 Å². The second kappa shape index (κ2) is 8.39. The Morgan fingerprint density at radius 2 is 1.88 bits per heavy atom. The van der Waals surface area contributed by atoms with E-state index in [0.717, 1.165) is 17.0 Å². The van der Waals surface area contributed by atoms with E-state index in [1.165, 1.54) is 11.3 Å². The third-order valence-corrected chi connectivity index (χ3v) is 4.23. The van der Waals surface area contributed by atoms with E-state index in [9.17, 15) is 9.59 Å². The number of urea groups is 1. The zero-order chi connectivity index (χ0) is 17.5. The van der Waals surface area contributed by atoms with Crippen LogP contribution in [-0.2, 0) is 4.79 Å². The maximum atomic E-state index is 12.0. The number of nitrogens with one attached hydrogen (secondary N) is 3. The molecule has 0 saturated carbocycles. The number of hydrogen-bond acceptors (Lipinski definition) is 5. The van der Waals surface area contributed by atoms with Crippen molar-refractivity contribution in [1.29, 1.82) is 0 Å². The molecule has 0 spiro atoms. The predicted molar refractivity (Wildman–Crippen MR) is 94.9 cm³/mol. The van der Waals surface area contributed by atoms with Gasteiger partial charge in [0.1, 0.15) is 16.6 Å². The highest BCUT2D eigenvalue weighted by Crippen LogP contribution is 2.22. The molecule has 0 saturated heterocycles. The monoisotopic (exact) mass is 347 g/mol. The van der Waals surface area contributed by atoms with E-state index in [1.54, 1.807) is 24.6 Å². The second-order valence-electron chi connectivity index (χ2n) is 5.46. The van der Waals surface area contributed by atoms with Crippen LogP contribution in [0, 0.1) is 0 Å². The Bertz CT molecular complexity index is 672. The molecule has 1 heterocycles. The number of rotatable bonds is 6. The molecule has 0 fully saturated rings. The van der Waals surface area contributed by atoms with Gasteiger partial charge in [0.05, 0.1) is 0 Å². The average molecular weight is 347 g/mol. The summed E-state index contributed by atoms with van der Waals surface area (Å²) >= 11 is 1.45. The second-order valence-corrected chi connectivity index (χ2v) is 6.29.